The molecule has 0 bridgehead atoms. The maximum Gasteiger partial charge on any atom is 0.259 e. The number of nitrogens with zero attached hydrogens (tertiary/aromatic N) is 1. The largest absolute Gasteiger partial charge is 0.484 e. The molecule has 0 unspecified atom stereocenters. The van der Waals surface area contributed by atoms with Gasteiger partial charge in [0.25, 0.3) is 11.8 Å². The first-order valence-corrected chi connectivity index (χ1v) is 7.94. The van der Waals surface area contributed by atoms with E-state index >= 15 is 0 Å². The van der Waals surface area contributed by atoms with Crippen LogP contribution >= 0.6 is 11.6 Å². The second-order valence-electron chi connectivity index (χ2n) is 5.23. The normalized spacial score (nSPS) is 10.5. The predicted molar refractivity (Wildman–Crippen MR) is 96.9 cm³/mol. The van der Waals surface area contributed by atoms with E-state index in [4.69, 9.17) is 16.3 Å². The zero-order chi connectivity index (χ0) is 18.1. The molecule has 0 aliphatic heterocycles. The lowest BCUT2D eigenvalue weighted by Crippen LogP contribution is -2.37. The summed E-state index contributed by atoms with van der Waals surface area (Å²) in [6.45, 7) is 1.58. The standard InChI is InChI=1S/C18H18ClN3O3/c1-13-4-2-7-16(8-13)25-12-18(24)20-11-17(23)22-21-10-14-5-3-6-15(19)9-14/h2-10H,11-12H2,1H3,(H,20,24)(H,22,23)/b21-10+. The first-order chi connectivity index (χ1) is 12.0. The van der Waals surface area contributed by atoms with Crippen LogP contribution in [0.25, 0.3) is 0 Å². The van der Waals surface area contributed by atoms with Crippen LogP contribution in [-0.4, -0.2) is 31.2 Å². The number of halogens is 1. The number of hydrogen-bond donors (Lipinski definition) is 2. The summed E-state index contributed by atoms with van der Waals surface area (Å²) in [5.41, 5.74) is 4.11. The molecule has 6 nitrogen and oxygen atoms in total. The fourth-order valence-electron chi connectivity index (χ4n) is 1.89. The fourth-order valence-corrected chi connectivity index (χ4v) is 2.09. The highest BCUT2D eigenvalue weighted by Crippen LogP contribution is 2.11. The quantitative estimate of drug-likeness (QED) is 0.588. The van der Waals surface area contributed by atoms with Gasteiger partial charge in [0.2, 0.25) is 0 Å². The van der Waals surface area contributed by atoms with Gasteiger partial charge in [-0.2, -0.15) is 5.10 Å². The van der Waals surface area contributed by atoms with Crippen molar-refractivity contribution >= 4 is 29.6 Å². The van der Waals surface area contributed by atoms with E-state index in [1.54, 1.807) is 30.3 Å². The third kappa shape index (κ3) is 7.05. The summed E-state index contributed by atoms with van der Waals surface area (Å²) in [7, 11) is 0. The van der Waals surface area contributed by atoms with Gasteiger partial charge in [0.05, 0.1) is 12.8 Å². The molecule has 0 radical (unpaired) electrons. The Bertz CT molecular complexity index is 778. The molecule has 0 aliphatic rings. The van der Waals surface area contributed by atoms with Crippen molar-refractivity contribution in [2.45, 2.75) is 6.92 Å². The third-order valence-corrected chi connectivity index (χ3v) is 3.29. The van der Waals surface area contributed by atoms with E-state index in [0.29, 0.717) is 10.8 Å². The number of ether oxygens (including phenoxy) is 1. The summed E-state index contributed by atoms with van der Waals surface area (Å²) in [5, 5.41) is 6.83. The molecule has 0 aliphatic carbocycles. The van der Waals surface area contributed by atoms with Crippen LogP contribution in [0, 0.1) is 6.92 Å². The Morgan fingerprint density at radius 3 is 2.72 bits per heavy atom. The summed E-state index contributed by atoms with van der Waals surface area (Å²) in [6, 6.07) is 14.4. The molecule has 25 heavy (non-hydrogen) atoms. The summed E-state index contributed by atoms with van der Waals surface area (Å²) in [5.74, 6) is -0.233. The third-order valence-electron chi connectivity index (χ3n) is 3.06. The Kier molecular flexibility index (Phi) is 6.98. The molecule has 0 fully saturated rings. The van der Waals surface area contributed by atoms with Gasteiger partial charge in [-0.3, -0.25) is 9.59 Å². The lowest BCUT2D eigenvalue weighted by molar-refractivity contribution is -0.127. The van der Waals surface area contributed by atoms with Crippen molar-refractivity contribution in [1.82, 2.24) is 10.7 Å². The number of amides is 2. The SMILES string of the molecule is Cc1cccc(OCC(=O)NCC(=O)N/N=C/c2cccc(Cl)c2)c1. The van der Waals surface area contributed by atoms with Crippen LogP contribution in [-0.2, 0) is 9.59 Å². The van der Waals surface area contributed by atoms with Gasteiger partial charge in [0.15, 0.2) is 6.61 Å². The van der Waals surface area contributed by atoms with Gasteiger partial charge in [0, 0.05) is 5.02 Å². The second kappa shape index (κ2) is 9.44. The van der Waals surface area contributed by atoms with E-state index in [1.165, 1.54) is 6.21 Å². The molecule has 0 aromatic heterocycles. The van der Waals surface area contributed by atoms with Crippen LogP contribution in [0.4, 0.5) is 0 Å². The molecule has 0 atom stereocenters. The number of carbonyl (C=O) groups is 2. The highest BCUT2D eigenvalue weighted by molar-refractivity contribution is 6.30. The summed E-state index contributed by atoms with van der Waals surface area (Å²) in [4.78, 5) is 23.3. The molecule has 0 saturated carbocycles. The summed E-state index contributed by atoms with van der Waals surface area (Å²) >= 11 is 5.85. The van der Waals surface area contributed by atoms with Crippen molar-refractivity contribution in [3.63, 3.8) is 0 Å². The number of hydrogen-bond acceptors (Lipinski definition) is 4. The highest BCUT2D eigenvalue weighted by Gasteiger charge is 2.06. The molecule has 2 rings (SSSR count). The van der Waals surface area contributed by atoms with Gasteiger partial charge in [-0.05, 0) is 42.3 Å². The van der Waals surface area contributed by atoms with Crippen molar-refractivity contribution in [3.05, 3.63) is 64.7 Å². The van der Waals surface area contributed by atoms with Gasteiger partial charge < -0.3 is 10.1 Å². The second-order valence-corrected chi connectivity index (χ2v) is 5.67. The number of carbonyl (C=O) groups excluding carboxylic acids is 2. The van der Waals surface area contributed by atoms with Crippen LogP contribution in [0.5, 0.6) is 5.75 Å². The lowest BCUT2D eigenvalue weighted by atomic mass is 10.2. The first-order valence-electron chi connectivity index (χ1n) is 7.56. The maximum absolute atomic E-state index is 11.7. The molecular weight excluding hydrogens is 342 g/mol. The Morgan fingerprint density at radius 2 is 1.96 bits per heavy atom. The van der Waals surface area contributed by atoms with Crippen molar-refractivity contribution in [2.75, 3.05) is 13.2 Å². The van der Waals surface area contributed by atoms with Crippen LogP contribution in [0.2, 0.25) is 5.02 Å². The van der Waals surface area contributed by atoms with Gasteiger partial charge in [0.1, 0.15) is 5.75 Å². The minimum atomic E-state index is -0.442. The number of aryl methyl sites for hydroxylation is 1. The zero-order valence-electron chi connectivity index (χ0n) is 13.7. The highest BCUT2D eigenvalue weighted by atomic mass is 35.5. The fraction of sp³-hybridized carbons (Fsp3) is 0.167. The van der Waals surface area contributed by atoms with Crippen molar-refractivity contribution in [3.8, 4) is 5.75 Å². The van der Waals surface area contributed by atoms with E-state index in [2.05, 4.69) is 15.8 Å². The Labute approximate surface area is 150 Å². The Hall–Kier alpha value is -2.86. The van der Waals surface area contributed by atoms with E-state index in [-0.39, 0.29) is 13.2 Å². The molecule has 0 spiro atoms. The number of benzene rings is 2. The van der Waals surface area contributed by atoms with Crippen molar-refractivity contribution < 1.29 is 14.3 Å². The molecular formula is C18H18ClN3O3. The number of nitrogens with one attached hydrogen (secondary N) is 2. The van der Waals surface area contributed by atoms with Gasteiger partial charge in [-0.15, -0.1) is 0 Å². The monoisotopic (exact) mass is 359 g/mol. The zero-order valence-corrected chi connectivity index (χ0v) is 14.4. The molecule has 2 amide bonds. The summed E-state index contributed by atoms with van der Waals surface area (Å²) < 4.78 is 5.35. The average Bonchev–Trinajstić information content (AvgIpc) is 2.58. The lowest BCUT2D eigenvalue weighted by Gasteiger charge is -2.07. The molecule has 2 N–H and O–H groups in total. The predicted octanol–water partition coefficient (Wildman–Crippen LogP) is 2.29. The van der Waals surface area contributed by atoms with Crippen LogP contribution in [0.3, 0.4) is 0 Å². The van der Waals surface area contributed by atoms with Crippen molar-refractivity contribution in [1.29, 1.82) is 0 Å². The molecule has 7 heteroatoms. The topological polar surface area (TPSA) is 79.8 Å². The Balaban J connectivity index is 1.68. The van der Waals surface area contributed by atoms with E-state index in [1.807, 2.05) is 25.1 Å². The van der Waals surface area contributed by atoms with Gasteiger partial charge in [-0.25, -0.2) is 5.43 Å². The van der Waals surface area contributed by atoms with Crippen LogP contribution in [0.15, 0.2) is 53.6 Å². The van der Waals surface area contributed by atoms with E-state index < -0.39 is 11.8 Å². The van der Waals surface area contributed by atoms with Crippen molar-refractivity contribution in [2.24, 2.45) is 5.10 Å². The van der Waals surface area contributed by atoms with Crippen LogP contribution in [0.1, 0.15) is 11.1 Å². The molecule has 2 aromatic carbocycles. The Morgan fingerprint density at radius 1 is 1.16 bits per heavy atom. The minimum Gasteiger partial charge on any atom is -0.484 e. The van der Waals surface area contributed by atoms with Gasteiger partial charge in [-0.1, -0.05) is 35.9 Å². The number of hydrazone groups is 1. The minimum absolute atomic E-state index is 0.164. The summed E-state index contributed by atoms with van der Waals surface area (Å²) in [6.07, 6.45) is 1.46. The smallest absolute Gasteiger partial charge is 0.259 e. The number of rotatable bonds is 7. The van der Waals surface area contributed by atoms with Gasteiger partial charge >= 0.3 is 0 Å². The molecule has 0 saturated heterocycles. The maximum atomic E-state index is 11.7. The van der Waals surface area contributed by atoms with Crippen LogP contribution < -0.4 is 15.5 Å². The molecule has 130 valence electrons. The molecule has 0 heterocycles. The van der Waals surface area contributed by atoms with E-state index in [9.17, 15) is 9.59 Å². The molecule has 2 aromatic rings. The first kappa shape index (κ1) is 18.5. The van der Waals surface area contributed by atoms with E-state index in [0.717, 1.165) is 11.1 Å². The average molecular weight is 360 g/mol.